The quantitative estimate of drug-likeness (QED) is 0.177. The van der Waals surface area contributed by atoms with E-state index in [0.717, 1.165) is 77.1 Å². The monoisotopic (exact) mass is 715 g/mol. The fourth-order valence-corrected chi connectivity index (χ4v) is 8.61. The van der Waals surface area contributed by atoms with Crippen LogP contribution in [0.1, 0.15) is 0 Å². The van der Waals surface area contributed by atoms with Crippen LogP contribution < -0.4 is 0 Å². The van der Waals surface area contributed by atoms with E-state index in [1.54, 1.807) is 0 Å². The summed E-state index contributed by atoms with van der Waals surface area (Å²) in [4.78, 5) is 19.7. The molecule has 0 fully saturated rings. The molecule has 0 aliphatic heterocycles. The third kappa shape index (κ3) is 4.50. The van der Waals surface area contributed by atoms with Crippen LogP contribution in [0.25, 0.3) is 116 Å². The minimum atomic E-state index is 0.556. The largest absolute Gasteiger partial charge is 0.455 e. The highest BCUT2D eigenvalue weighted by molar-refractivity contribution is 6.32. The first-order chi connectivity index (χ1) is 27.8. The Morgan fingerprint density at radius 3 is 1.79 bits per heavy atom. The van der Waals surface area contributed by atoms with Crippen molar-refractivity contribution in [1.29, 1.82) is 0 Å². The van der Waals surface area contributed by atoms with Crippen molar-refractivity contribution < 1.29 is 4.42 Å². The van der Waals surface area contributed by atoms with Gasteiger partial charge in [-0.25, -0.2) is 15.0 Å². The highest BCUT2D eigenvalue weighted by Gasteiger charge is 2.25. The summed E-state index contributed by atoms with van der Waals surface area (Å²) in [6.45, 7) is 0. The maximum atomic E-state index is 6.93. The first kappa shape index (κ1) is 30.7. The lowest BCUT2D eigenvalue weighted by Crippen LogP contribution is -2.00. The molecule has 6 nitrogen and oxygen atoms in total. The van der Waals surface area contributed by atoms with Gasteiger partial charge in [-0.15, -0.1) is 0 Å². The van der Waals surface area contributed by atoms with Crippen molar-refractivity contribution in [2.45, 2.75) is 0 Å². The zero-order valence-electron chi connectivity index (χ0n) is 29.9. The van der Waals surface area contributed by atoms with Crippen LogP contribution in [0.4, 0.5) is 0 Å². The first-order valence-corrected chi connectivity index (χ1v) is 18.7. The van der Waals surface area contributed by atoms with E-state index in [2.05, 4.69) is 106 Å². The summed E-state index contributed by atoms with van der Waals surface area (Å²) < 4.78 is 9.37. The predicted octanol–water partition coefficient (Wildman–Crippen LogP) is 12.7. The Hall–Kier alpha value is -7.70. The number of hydrogen-bond acceptors (Lipinski definition) is 5. The van der Waals surface area contributed by atoms with E-state index < -0.39 is 0 Å². The molecule has 0 atom stereocenters. The Labute approximate surface area is 320 Å². The van der Waals surface area contributed by atoms with Crippen molar-refractivity contribution >= 4 is 60.0 Å². The van der Waals surface area contributed by atoms with Gasteiger partial charge >= 0.3 is 0 Å². The molecule has 0 bridgehead atoms. The van der Waals surface area contributed by atoms with E-state index in [-0.39, 0.29) is 0 Å². The Morgan fingerprint density at radius 1 is 0.411 bits per heavy atom. The van der Waals surface area contributed by atoms with Crippen LogP contribution in [0.5, 0.6) is 0 Å². The smallest absolute Gasteiger partial charge is 0.167 e. The fraction of sp³-hybridized carbons (Fsp3) is 0. The van der Waals surface area contributed by atoms with Gasteiger partial charge < -0.3 is 8.82 Å². The predicted molar refractivity (Wildman–Crippen MR) is 227 cm³/mol. The molecule has 0 spiro atoms. The Morgan fingerprint density at radius 2 is 1.07 bits per heavy atom. The fourth-order valence-electron chi connectivity index (χ4n) is 8.61. The normalized spacial score (nSPS) is 11.9. The van der Waals surface area contributed by atoms with Gasteiger partial charge in [0.2, 0.25) is 0 Å². The molecule has 56 heavy (non-hydrogen) atoms. The summed E-state index contributed by atoms with van der Waals surface area (Å²) in [6.07, 6.45) is 3.79. The van der Waals surface area contributed by atoms with Crippen molar-refractivity contribution in [3.8, 4) is 56.4 Å². The number of pyridine rings is 1. The highest BCUT2D eigenvalue weighted by Crippen LogP contribution is 2.48. The molecule has 0 saturated heterocycles. The number of hydrogen-bond donors (Lipinski definition) is 0. The molecule has 5 aromatic heterocycles. The summed E-state index contributed by atoms with van der Waals surface area (Å²) in [7, 11) is 0. The van der Waals surface area contributed by atoms with Gasteiger partial charge in [-0.1, -0.05) is 127 Å². The number of benzene rings is 7. The number of fused-ring (bicyclic) bond motifs is 5. The minimum absolute atomic E-state index is 0.556. The molecule has 0 unspecified atom stereocenters. The second-order valence-electron chi connectivity index (χ2n) is 14.2. The molecular formula is C50H29N5O. The lowest BCUT2D eigenvalue weighted by Gasteiger charge is -2.09. The third-order valence-corrected chi connectivity index (χ3v) is 11.1. The van der Waals surface area contributed by atoms with Crippen LogP contribution in [0, 0.1) is 0 Å². The van der Waals surface area contributed by atoms with Gasteiger partial charge in [0.05, 0.1) is 27.5 Å². The lowest BCUT2D eigenvalue weighted by atomic mass is 9.95. The van der Waals surface area contributed by atoms with Crippen LogP contribution >= 0.6 is 0 Å². The van der Waals surface area contributed by atoms with Crippen molar-refractivity contribution in [2.75, 3.05) is 0 Å². The average molecular weight is 716 g/mol. The van der Waals surface area contributed by atoms with Gasteiger partial charge in [-0.2, -0.15) is 0 Å². The van der Waals surface area contributed by atoms with E-state index in [1.807, 2.05) is 79.1 Å². The van der Waals surface area contributed by atoms with E-state index in [1.165, 1.54) is 21.9 Å². The molecule has 0 amide bonds. The third-order valence-electron chi connectivity index (χ3n) is 11.1. The maximum Gasteiger partial charge on any atom is 0.167 e. The molecule has 0 aliphatic rings. The molecule has 6 heteroatoms. The first-order valence-electron chi connectivity index (χ1n) is 18.7. The van der Waals surface area contributed by atoms with Gasteiger partial charge in [-0.3, -0.25) is 4.98 Å². The summed E-state index contributed by atoms with van der Waals surface area (Å²) in [5, 5.41) is 6.74. The molecule has 7 aromatic carbocycles. The number of aromatic nitrogens is 5. The van der Waals surface area contributed by atoms with E-state index in [4.69, 9.17) is 19.4 Å². The summed E-state index contributed by atoms with van der Waals surface area (Å²) in [6, 6.07) is 57.0. The van der Waals surface area contributed by atoms with Gasteiger partial charge in [0, 0.05) is 50.6 Å². The van der Waals surface area contributed by atoms with Crippen molar-refractivity contribution in [3.63, 3.8) is 0 Å². The lowest BCUT2D eigenvalue weighted by molar-refractivity contribution is 0.670. The molecule has 12 rings (SSSR count). The Balaban J connectivity index is 1.23. The Bertz CT molecular complexity index is 3390. The second kappa shape index (κ2) is 11.9. The van der Waals surface area contributed by atoms with Gasteiger partial charge in [0.25, 0.3) is 0 Å². The number of nitrogens with zero attached hydrogens (tertiary/aromatic N) is 5. The summed E-state index contributed by atoms with van der Waals surface area (Å²) >= 11 is 0. The molecule has 12 aromatic rings. The summed E-state index contributed by atoms with van der Waals surface area (Å²) in [5.41, 5.74) is 12.1. The van der Waals surface area contributed by atoms with E-state index >= 15 is 0 Å². The molecule has 260 valence electrons. The molecule has 0 aliphatic carbocycles. The zero-order chi connectivity index (χ0) is 36.7. The topological polar surface area (TPSA) is 69.1 Å². The number of furan rings is 1. The molecular weight excluding hydrogens is 687 g/mol. The van der Waals surface area contributed by atoms with Gasteiger partial charge in [-0.05, 0) is 58.5 Å². The zero-order valence-corrected chi connectivity index (χ0v) is 29.9. The average Bonchev–Trinajstić information content (AvgIpc) is 3.80. The van der Waals surface area contributed by atoms with Crippen LogP contribution in [-0.4, -0.2) is 24.3 Å². The molecule has 0 radical (unpaired) electrons. The minimum Gasteiger partial charge on any atom is -0.455 e. The van der Waals surface area contributed by atoms with Crippen molar-refractivity contribution in [1.82, 2.24) is 24.3 Å². The maximum absolute atomic E-state index is 6.93. The van der Waals surface area contributed by atoms with E-state index in [9.17, 15) is 0 Å². The standard InChI is InChI=1S/C50H29N5O/c1-4-12-30(13-5-1)33-21-25-40-39(28-33)43-35(34-18-11-27-51-29-34)22-23-37-36-19-10-20-42-44(36)45-41(55(40)46(37)43)26-24-38(47(45)56-42)50-53-48(31-14-6-2-7-15-31)52-49(54-50)32-16-8-3-9-17-32/h1-29H. The van der Waals surface area contributed by atoms with Crippen LogP contribution in [0.3, 0.4) is 0 Å². The van der Waals surface area contributed by atoms with Crippen molar-refractivity contribution in [2.24, 2.45) is 0 Å². The van der Waals surface area contributed by atoms with E-state index in [0.29, 0.717) is 17.5 Å². The molecule has 0 N–H and O–H groups in total. The van der Waals surface area contributed by atoms with Gasteiger partial charge in [0.1, 0.15) is 11.2 Å². The number of rotatable bonds is 5. The van der Waals surface area contributed by atoms with Crippen LogP contribution in [-0.2, 0) is 0 Å². The SMILES string of the molecule is c1ccc(-c2ccc3c(c2)c2c(-c4cccnc4)ccc4c5cccc6oc7c(-c8nc(-c9ccccc9)nc(-c9ccccc9)n8)ccc(c7c65)n3c42)cc1. The van der Waals surface area contributed by atoms with Crippen LogP contribution in [0.15, 0.2) is 181 Å². The van der Waals surface area contributed by atoms with Gasteiger partial charge in [0.15, 0.2) is 17.5 Å². The second-order valence-corrected chi connectivity index (χ2v) is 14.2. The molecule has 5 heterocycles. The molecule has 0 saturated carbocycles. The summed E-state index contributed by atoms with van der Waals surface area (Å²) in [5.74, 6) is 1.77. The van der Waals surface area contributed by atoms with Crippen molar-refractivity contribution in [3.05, 3.63) is 176 Å². The van der Waals surface area contributed by atoms with Crippen LogP contribution in [0.2, 0.25) is 0 Å². The Kier molecular flexibility index (Phi) is 6.53. The highest BCUT2D eigenvalue weighted by atomic mass is 16.3.